The molecule has 224 valence electrons. The second kappa shape index (κ2) is 22.5. The highest BCUT2D eigenvalue weighted by molar-refractivity contribution is 5.78. The fraction of sp³-hybridized carbons (Fsp3) is 0.412. The molecule has 1 saturated carbocycles. The van der Waals surface area contributed by atoms with Crippen molar-refractivity contribution in [2.45, 2.75) is 92.4 Å². The van der Waals surface area contributed by atoms with Gasteiger partial charge in [0.15, 0.2) is 0 Å². The zero-order valence-electron chi connectivity index (χ0n) is 26.0. The van der Waals surface area contributed by atoms with E-state index < -0.39 is 0 Å². The molecule has 1 aliphatic carbocycles. The third kappa shape index (κ3) is 17.5. The van der Waals surface area contributed by atoms with Gasteiger partial charge in [0.25, 0.3) is 0 Å². The fourth-order valence-corrected chi connectivity index (χ4v) is 3.98. The van der Waals surface area contributed by atoms with Crippen LogP contribution >= 0.6 is 0 Å². The maximum Gasteiger partial charge on any atom is 0.134 e. The number of aromatic nitrogens is 6. The van der Waals surface area contributed by atoms with Gasteiger partial charge >= 0.3 is 0 Å². The Morgan fingerprint density at radius 1 is 0.667 bits per heavy atom. The molecule has 4 aromatic rings. The Hall–Kier alpha value is -4.20. The van der Waals surface area contributed by atoms with E-state index in [-0.39, 0.29) is 11.6 Å². The maximum atomic E-state index is 10.6. The Labute approximate surface area is 251 Å². The smallest absolute Gasteiger partial charge is 0.134 e. The number of carbonyl (C=O) groups excluding carboxylic acids is 2. The van der Waals surface area contributed by atoms with E-state index in [0.29, 0.717) is 18.8 Å². The first-order valence-electron chi connectivity index (χ1n) is 14.6. The van der Waals surface area contributed by atoms with Crippen molar-refractivity contribution >= 4 is 11.6 Å². The molecule has 0 radical (unpaired) electrons. The van der Waals surface area contributed by atoms with Crippen molar-refractivity contribution in [1.82, 2.24) is 30.4 Å². The minimum atomic E-state index is 0.174. The highest BCUT2D eigenvalue weighted by Crippen LogP contribution is 2.30. The Kier molecular flexibility index (Phi) is 19.2. The van der Waals surface area contributed by atoms with Crippen molar-refractivity contribution in [3.8, 4) is 0 Å². The van der Waals surface area contributed by atoms with Crippen LogP contribution in [0.3, 0.4) is 0 Å². The molecule has 0 N–H and O–H groups in total. The van der Waals surface area contributed by atoms with E-state index in [2.05, 4.69) is 42.5 Å². The van der Waals surface area contributed by atoms with Crippen LogP contribution in [0.5, 0.6) is 0 Å². The minimum absolute atomic E-state index is 0.174. The molecule has 42 heavy (non-hydrogen) atoms. The van der Waals surface area contributed by atoms with Gasteiger partial charge in [0.05, 0.1) is 17.1 Å². The number of carbonyl (C=O) groups is 2. The summed E-state index contributed by atoms with van der Waals surface area (Å²) >= 11 is 0. The van der Waals surface area contributed by atoms with Gasteiger partial charge in [-0.2, -0.15) is 20.4 Å². The van der Waals surface area contributed by atoms with E-state index in [4.69, 9.17) is 0 Å². The molecular formula is C34H46N6O2. The van der Waals surface area contributed by atoms with Crippen LogP contribution in [0.4, 0.5) is 0 Å². The van der Waals surface area contributed by atoms with Crippen LogP contribution in [0.1, 0.15) is 93.9 Å². The molecule has 8 heteroatoms. The molecule has 1 aliphatic rings. The third-order valence-corrected chi connectivity index (χ3v) is 5.90. The van der Waals surface area contributed by atoms with E-state index in [1.165, 1.54) is 37.8 Å². The summed E-state index contributed by atoms with van der Waals surface area (Å²) in [4.78, 5) is 28.9. The summed E-state index contributed by atoms with van der Waals surface area (Å²) in [5.74, 6) is 1.03. The molecule has 8 nitrogen and oxygen atoms in total. The van der Waals surface area contributed by atoms with Gasteiger partial charge in [0, 0.05) is 49.7 Å². The second-order valence-electron chi connectivity index (χ2n) is 9.78. The highest BCUT2D eigenvalue weighted by Gasteiger charge is 2.16. The molecule has 0 unspecified atom stereocenters. The summed E-state index contributed by atoms with van der Waals surface area (Å²) in [5.41, 5.74) is 5.14. The Bertz CT molecular complexity index is 1180. The number of hydrogen-bond acceptors (Lipinski definition) is 8. The van der Waals surface area contributed by atoms with Gasteiger partial charge < -0.3 is 0 Å². The molecule has 4 heterocycles. The van der Waals surface area contributed by atoms with E-state index in [0.717, 1.165) is 22.5 Å². The summed E-state index contributed by atoms with van der Waals surface area (Å²) < 4.78 is 0. The lowest BCUT2D eigenvalue weighted by Gasteiger charge is -2.20. The fourth-order valence-electron chi connectivity index (χ4n) is 3.98. The summed E-state index contributed by atoms with van der Waals surface area (Å²) in [7, 11) is 0. The van der Waals surface area contributed by atoms with Crippen LogP contribution in [0.15, 0.2) is 79.5 Å². The molecule has 0 bridgehead atoms. The zero-order chi connectivity index (χ0) is 31.0. The quantitative estimate of drug-likeness (QED) is 0.250. The molecule has 4 aromatic heterocycles. The second-order valence-corrected chi connectivity index (χ2v) is 9.78. The Morgan fingerprint density at radius 3 is 1.55 bits per heavy atom. The van der Waals surface area contributed by atoms with Crippen molar-refractivity contribution in [1.29, 1.82) is 0 Å². The number of ketones is 2. The Morgan fingerprint density at radius 2 is 1.19 bits per heavy atom. The van der Waals surface area contributed by atoms with Crippen LogP contribution in [0.25, 0.3) is 0 Å². The maximum absolute atomic E-state index is 10.6. The first-order chi connectivity index (χ1) is 20.3. The lowest BCUT2D eigenvalue weighted by Crippen LogP contribution is -2.07. The monoisotopic (exact) mass is 570 g/mol. The van der Waals surface area contributed by atoms with Gasteiger partial charge in [0.1, 0.15) is 11.6 Å². The molecule has 5 rings (SSSR count). The topological polar surface area (TPSA) is 111 Å². The van der Waals surface area contributed by atoms with Gasteiger partial charge in [0.2, 0.25) is 0 Å². The van der Waals surface area contributed by atoms with Gasteiger partial charge in [-0.25, -0.2) is 0 Å². The first kappa shape index (κ1) is 35.8. The normalized spacial score (nSPS) is 11.9. The number of Topliss-reactive ketones (excluding diaryl/α,β-unsaturated/α-hetero) is 2. The van der Waals surface area contributed by atoms with Crippen LogP contribution in [0.2, 0.25) is 0 Å². The number of aryl methyl sites for hydroxylation is 2. The third-order valence-electron chi connectivity index (χ3n) is 5.90. The SMILES string of the molecule is CC.CC(=O)Cc1cccnc1.CC(=O)Cc1cccnc1.Cc1ccc(C2CCCCC2)nn1.Cc1cccnn1. The summed E-state index contributed by atoms with van der Waals surface area (Å²) in [5, 5.41) is 15.7. The van der Waals surface area contributed by atoms with Crippen LogP contribution < -0.4 is 0 Å². The van der Waals surface area contributed by atoms with E-state index >= 15 is 0 Å². The van der Waals surface area contributed by atoms with Crippen molar-refractivity contribution < 1.29 is 9.59 Å². The summed E-state index contributed by atoms with van der Waals surface area (Å²) in [6.07, 6.45) is 16.2. The van der Waals surface area contributed by atoms with Gasteiger partial charge in [-0.1, -0.05) is 45.2 Å². The molecule has 0 amide bonds. The molecule has 0 saturated heterocycles. The molecule has 0 aliphatic heterocycles. The molecule has 0 aromatic carbocycles. The van der Waals surface area contributed by atoms with Crippen molar-refractivity contribution in [3.63, 3.8) is 0 Å². The lowest BCUT2D eigenvalue weighted by atomic mass is 9.87. The van der Waals surface area contributed by atoms with Gasteiger partial charge in [-0.3, -0.25) is 19.6 Å². The summed E-state index contributed by atoms with van der Waals surface area (Å²) in [6, 6.07) is 15.4. The highest BCUT2D eigenvalue weighted by atomic mass is 16.1. The average molecular weight is 571 g/mol. The van der Waals surface area contributed by atoms with Crippen LogP contribution in [-0.4, -0.2) is 41.9 Å². The van der Waals surface area contributed by atoms with Gasteiger partial charge in [-0.15, -0.1) is 0 Å². The largest absolute Gasteiger partial charge is 0.300 e. The standard InChI is InChI=1S/C11H16N2.2C8H9NO.C5H6N2.C2H6/c1-9-7-8-11(13-12-9)10-5-3-2-4-6-10;2*1-7(10)5-8-3-2-4-9-6-8;1-5-3-2-4-6-7-5;1-2/h7-8,10H,2-6H2,1H3;2*2-4,6H,5H2,1H3;2-4H,1H3;1-2H3. The summed E-state index contributed by atoms with van der Waals surface area (Å²) in [6.45, 7) is 11.0. The molecule has 0 spiro atoms. The van der Waals surface area contributed by atoms with E-state index in [9.17, 15) is 9.59 Å². The van der Waals surface area contributed by atoms with Crippen LogP contribution in [-0.2, 0) is 22.4 Å². The predicted molar refractivity (Wildman–Crippen MR) is 168 cm³/mol. The van der Waals surface area contributed by atoms with E-state index in [1.807, 2.05) is 64.1 Å². The first-order valence-corrected chi connectivity index (χ1v) is 14.6. The van der Waals surface area contributed by atoms with Crippen molar-refractivity contribution in [2.75, 3.05) is 0 Å². The predicted octanol–water partition coefficient (Wildman–Crippen LogP) is 7.07. The molecule has 1 fully saturated rings. The Balaban J connectivity index is 0.000000280. The van der Waals surface area contributed by atoms with Crippen molar-refractivity contribution in [3.05, 3.63) is 108 Å². The number of nitrogens with zero attached hydrogens (tertiary/aromatic N) is 6. The molecule has 0 atom stereocenters. The average Bonchev–Trinajstić information content (AvgIpc) is 3.01. The van der Waals surface area contributed by atoms with Crippen molar-refractivity contribution in [2.24, 2.45) is 0 Å². The van der Waals surface area contributed by atoms with Gasteiger partial charge in [-0.05, 0) is 88.1 Å². The minimum Gasteiger partial charge on any atom is -0.300 e. The molecular weight excluding hydrogens is 524 g/mol. The number of pyridine rings is 2. The van der Waals surface area contributed by atoms with E-state index in [1.54, 1.807) is 44.8 Å². The number of rotatable bonds is 5. The number of hydrogen-bond donors (Lipinski definition) is 0. The zero-order valence-corrected chi connectivity index (χ0v) is 26.0. The lowest BCUT2D eigenvalue weighted by molar-refractivity contribution is -0.117. The van der Waals surface area contributed by atoms with Crippen LogP contribution in [0, 0.1) is 13.8 Å².